The summed E-state index contributed by atoms with van der Waals surface area (Å²) in [5, 5.41) is 6.25. The molecule has 0 aromatic heterocycles. The van der Waals surface area contributed by atoms with Crippen LogP contribution in [0.2, 0.25) is 0 Å². The number of carbonyl (C=O) groups is 2. The summed E-state index contributed by atoms with van der Waals surface area (Å²) >= 11 is 0. The van der Waals surface area contributed by atoms with Crippen molar-refractivity contribution in [2.24, 2.45) is 0 Å². The first kappa shape index (κ1) is 14.1. The molecule has 2 amide bonds. The number of hydrogen-bond donors (Lipinski definition) is 2. The first-order valence-electron chi connectivity index (χ1n) is 7.56. The second kappa shape index (κ2) is 5.48. The average Bonchev–Trinajstić information content (AvgIpc) is 3.09. The van der Waals surface area contributed by atoms with Crippen molar-refractivity contribution in [2.45, 2.75) is 38.1 Å². The quantitative estimate of drug-likeness (QED) is 0.892. The molecule has 5 heteroatoms. The predicted octanol–water partition coefficient (Wildman–Crippen LogP) is 1.89. The standard InChI is InChI=1S/C16H21N3O2/c1-16(9-5-10-17-16)15(21)18-12-6-2-3-7-13(12)19-11-4-8-14(19)20/h2-3,6-7,17H,4-5,8-11H2,1H3,(H,18,21). The van der Waals surface area contributed by atoms with E-state index in [2.05, 4.69) is 10.6 Å². The molecule has 21 heavy (non-hydrogen) atoms. The molecule has 2 saturated heterocycles. The Kier molecular flexibility index (Phi) is 3.68. The van der Waals surface area contributed by atoms with Crippen LogP contribution >= 0.6 is 0 Å². The summed E-state index contributed by atoms with van der Waals surface area (Å²) in [6.07, 6.45) is 3.31. The van der Waals surface area contributed by atoms with Crippen LogP contribution in [0.15, 0.2) is 24.3 Å². The van der Waals surface area contributed by atoms with Gasteiger partial charge in [0, 0.05) is 13.0 Å². The minimum absolute atomic E-state index is 0.0286. The molecule has 0 radical (unpaired) electrons. The fourth-order valence-corrected chi connectivity index (χ4v) is 3.07. The number of amides is 2. The lowest BCUT2D eigenvalue weighted by molar-refractivity contribution is -0.121. The van der Waals surface area contributed by atoms with Gasteiger partial charge < -0.3 is 15.5 Å². The van der Waals surface area contributed by atoms with Crippen LogP contribution in [-0.2, 0) is 9.59 Å². The second-order valence-electron chi connectivity index (χ2n) is 5.98. The lowest BCUT2D eigenvalue weighted by atomic mass is 9.99. The summed E-state index contributed by atoms with van der Waals surface area (Å²) in [5.74, 6) is 0.0981. The summed E-state index contributed by atoms with van der Waals surface area (Å²) in [7, 11) is 0. The molecule has 1 aromatic carbocycles. The highest BCUT2D eigenvalue weighted by molar-refractivity contribution is 6.04. The predicted molar refractivity (Wildman–Crippen MR) is 82.3 cm³/mol. The number of nitrogens with zero attached hydrogens (tertiary/aromatic N) is 1. The van der Waals surface area contributed by atoms with Crippen molar-refractivity contribution in [1.82, 2.24) is 5.32 Å². The maximum Gasteiger partial charge on any atom is 0.244 e. The molecule has 0 aliphatic carbocycles. The molecule has 1 atom stereocenters. The first-order chi connectivity index (χ1) is 10.1. The molecule has 0 spiro atoms. The Labute approximate surface area is 124 Å². The molecule has 112 valence electrons. The third kappa shape index (κ3) is 2.65. The van der Waals surface area contributed by atoms with E-state index < -0.39 is 5.54 Å². The lowest BCUT2D eigenvalue weighted by Gasteiger charge is -2.25. The average molecular weight is 287 g/mol. The highest BCUT2D eigenvalue weighted by atomic mass is 16.2. The van der Waals surface area contributed by atoms with Gasteiger partial charge in [-0.1, -0.05) is 12.1 Å². The SMILES string of the molecule is CC1(C(=O)Nc2ccccc2N2CCCC2=O)CCCN1. The van der Waals surface area contributed by atoms with Crippen molar-refractivity contribution in [2.75, 3.05) is 23.3 Å². The van der Waals surface area contributed by atoms with Gasteiger partial charge in [0.1, 0.15) is 0 Å². The zero-order valence-electron chi connectivity index (χ0n) is 12.3. The van der Waals surface area contributed by atoms with Crippen molar-refractivity contribution >= 4 is 23.2 Å². The minimum Gasteiger partial charge on any atom is -0.323 e. The number of para-hydroxylation sites is 2. The molecular weight excluding hydrogens is 266 g/mol. The lowest BCUT2D eigenvalue weighted by Crippen LogP contribution is -2.48. The van der Waals surface area contributed by atoms with E-state index in [1.165, 1.54) is 0 Å². The van der Waals surface area contributed by atoms with Crippen LogP contribution in [-0.4, -0.2) is 30.4 Å². The third-order valence-electron chi connectivity index (χ3n) is 4.39. The number of carbonyl (C=O) groups excluding carboxylic acids is 2. The van der Waals surface area contributed by atoms with Crippen LogP contribution in [0.1, 0.15) is 32.6 Å². The van der Waals surface area contributed by atoms with E-state index in [4.69, 9.17) is 0 Å². The normalized spacial score (nSPS) is 25.4. The van der Waals surface area contributed by atoms with Gasteiger partial charge in [-0.3, -0.25) is 9.59 Å². The van der Waals surface area contributed by atoms with Crippen LogP contribution in [0.25, 0.3) is 0 Å². The topological polar surface area (TPSA) is 61.4 Å². The zero-order chi connectivity index (χ0) is 14.9. The third-order valence-corrected chi connectivity index (χ3v) is 4.39. The summed E-state index contributed by atoms with van der Waals surface area (Å²) in [6, 6.07) is 7.52. The van der Waals surface area contributed by atoms with Gasteiger partial charge in [0.15, 0.2) is 0 Å². The molecule has 0 saturated carbocycles. The molecular formula is C16H21N3O2. The Morgan fingerprint density at radius 1 is 1.33 bits per heavy atom. The van der Waals surface area contributed by atoms with E-state index in [0.29, 0.717) is 12.1 Å². The van der Waals surface area contributed by atoms with E-state index in [9.17, 15) is 9.59 Å². The van der Waals surface area contributed by atoms with Crippen LogP contribution in [0.3, 0.4) is 0 Å². The number of rotatable bonds is 3. The first-order valence-corrected chi connectivity index (χ1v) is 7.56. The Morgan fingerprint density at radius 3 is 2.81 bits per heavy atom. The minimum atomic E-state index is -0.512. The smallest absolute Gasteiger partial charge is 0.244 e. The van der Waals surface area contributed by atoms with Gasteiger partial charge in [-0.25, -0.2) is 0 Å². The van der Waals surface area contributed by atoms with Crippen molar-refractivity contribution in [3.05, 3.63) is 24.3 Å². The Morgan fingerprint density at radius 2 is 2.14 bits per heavy atom. The Hall–Kier alpha value is -1.88. The van der Waals surface area contributed by atoms with Crippen molar-refractivity contribution in [3.63, 3.8) is 0 Å². The fraction of sp³-hybridized carbons (Fsp3) is 0.500. The van der Waals surface area contributed by atoms with Crippen molar-refractivity contribution in [3.8, 4) is 0 Å². The fourth-order valence-electron chi connectivity index (χ4n) is 3.07. The van der Waals surface area contributed by atoms with Crippen LogP contribution in [0.4, 0.5) is 11.4 Å². The monoisotopic (exact) mass is 287 g/mol. The molecule has 5 nitrogen and oxygen atoms in total. The molecule has 1 aromatic rings. The molecule has 2 fully saturated rings. The Bertz CT molecular complexity index is 564. The second-order valence-corrected chi connectivity index (χ2v) is 5.98. The number of nitrogens with one attached hydrogen (secondary N) is 2. The van der Waals surface area contributed by atoms with Gasteiger partial charge in [-0.2, -0.15) is 0 Å². The van der Waals surface area contributed by atoms with Crippen LogP contribution < -0.4 is 15.5 Å². The molecule has 2 aliphatic rings. The van der Waals surface area contributed by atoms with E-state index >= 15 is 0 Å². The molecule has 2 N–H and O–H groups in total. The summed E-state index contributed by atoms with van der Waals surface area (Å²) in [6.45, 7) is 3.52. The summed E-state index contributed by atoms with van der Waals surface area (Å²) in [4.78, 5) is 26.2. The molecule has 0 bridgehead atoms. The van der Waals surface area contributed by atoms with E-state index in [0.717, 1.165) is 38.0 Å². The maximum absolute atomic E-state index is 12.5. The van der Waals surface area contributed by atoms with Gasteiger partial charge in [-0.15, -0.1) is 0 Å². The number of benzene rings is 1. The van der Waals surface area contributed by atoms with Gasteiger partial charge in [-0.05, 0) is 44.9 Å². The van der Waals surface area contributed by atoms with Gasteiger partial charge in [0.25, 0.3) is 0 Å². The van der Waals surface area contributed by atoms with E-state index in [1.54, 1.807) is 4.90 Å². The van der Waals surface area contributed by atoms with Gasteiger partial charge in [0.2, 0.25) is 11.8 Å². The highest BCUT2D eigenvalue weighted by Crippen LogP contribution is 2.30. The van der Waals surface area contributed by atoms with E-state index in [-0.39, 0.29) is 11.8 Å². The van der Waals surface area contributed by atoms with Crippen molar-refractivity contribution in [1.29, 1.82) is 0 Å². The largest absolute Gasteiger partial charge is 0.323 e. The van der Waals surface area contributed by atoms with E-state index in [1.807, 2.05) is 31.2 Å². The number of hydrogen-bond acceptors (Lipinski definition) is 3. The molecule has 3 rings (SSSR count). The van der Waals surface area contributed by atoms with Crippen LogP contribution in [0.5, 0.6) is 0 Å². The maximum atomic E-state index is 12.5. The summed E-state index contributed by atoms with van der Waals surface area (Å²) in [5.41, 5.74) is 1.00. The highest BCUT2D eigenvalue weighted by Gasteiger charge is 2.36. The number of anilines is 2. The summed E-state index contributed by atoms with van der Waals surface area (Å²) < 4.78 is 0. The molecule has 1 unspecified atom stereocenters. The Balaban J connectivity index is 1.82. The van der Waals surface area contributed by atoms with Crippen LogP contribution in [0, 0.1) is 0 Å². The molecule has 2 heterocycles. The molecule has 2 aliphatic heterocycles. The van der Waals surface area contributed by atoms with Gasteiger partial charge in [0.05, 0.1) is 16.9 Å². The zero-order valence-corrected chi connectivity index (χ0v) is 12.3. The van der Waals surface area contributed by atoms with Crippen molar-refractivity contribution < 1.29 is 9.59 Å². The van der Waals surface area contributed by atoms with Gasteiger partial charge >= 0.3 is 0 Å².